The van der Waals surface area contributed by atoms with Crippen LogP contribution in [0, 0.1) is 0 Å². The molecule has 0 amide bonds. The van der Waals surface area contributed by atoms with E-state index in [1.807, 2.05) is 18.2 Å². The lowest BCUT2D eigenvalue weighted by Crippen LogP contribution is -2.52. The SMILES string of the molecule is COc1ccc([C@H]2C[C@](C)(N3CCCC3)Oc3cc4c(cc32)OCO4)c(OC)c1. The topological polar surface area (TPSA) is 49.4 Å². The number of rotatable bonds is 4. The van der Waals surface area contributed by atoms with Crippen LogP contribution in [0.25, 0.3) is 0 Å². The van der Waals surface area contributed by atoms with Gasteiger partial charge < -0.3 is 23.7 Å². The highest BCUT2D eigenvalue weighted by Gasteiger charge is 2.44. The van der Waals surface area contributed by atoms with Crippen LogP contribution < -0.4 is 23.7 Å². The van der Waals surface area contributed by atoms with Gasteiger partial charge in [-0.3, -0.25) is 4.90 Å². The Morgan fingerprint density at radius 3 is 2.41 bits per heavy atom. The molecule has 5 rings (SSSR count). The zero-order valence-electron chi connectivity index (χ0n) is 17.2. The summed E-state index contributed by atoms with van der Waals surface area (Å²) in [6.45, 7) is 4.57. The van der Waals surface area contributed by atoms with Crippen molar-refractivity contribution < 1.29 is 23.7 Å². The first-order valence-electron chi connectivity index (χ1n) is 10.2. The largest absolute Gasteiger partial charge is 0.497 e. The van der Waals surface area contributed by atoms with Crippen LogP contribution in [-0.2, 0) is 0 Å². The molecule has 2 aromatic carbocycles. The van der Waals surface area contributed by atoms with Gasteiger partial charge in [-0.25, -0.2) is 0 Å². The van der Waals surface area contributed by atoms with Gasteiger partial charge in [0, 0.05) is 48.7 Å². The molecule has 3 heterocycles. The van der Waals surface area contributed by atoms with E-state index in [4.69, 9.17) is 23.7 Å². The van der Waals surface area contributed by atoms with Crippen molar-refractivity contribution >= 4 is 0 Å². The van der Waals surface area contributed by atoms with Gasteiger partial charge in [0.25, 0.3) is 0 Å². The van der Waals surface area contributed by atoms with Gasteiger partial charge in [0.1, 0.15) is 17.2 Å². The molecule has 3 aliphatic heterocycles. The maximum Gasteiger partial charge on any atom is 0.231 e. The summed E-state index contributed by atoms with van der Waals surface area (Å²) in [4.78, 5) is 2.46. The number of benzene rings is 2. The van der Waals surface area contributed by atoms with Crippen LogP contribution in [-0.4, -0.2) is 44.7 Å². The Bertz CT molecular complexity index is 924. The third kappa shape index (κ3) is 3.06. The molecule has 0 radical (unpaired) electrons. The van der Waals surface area contributed by atoms with Crippen molar-refractivity contribution in [2.75, 3.05) is 34.1 Å². The van der Waals surface area contributed by atoms with Crippen molar-refractivity contribution in [3.63, 3.8) is 0 Å². The summed E-state index contributed by atoms with van der Waals surface area (Å²) < 4.78 is 29.0. The first-order valence-corrected chi connectivity index (χ1v) is 10.2. The van der Waals surface area contributed by atoms with E-state index in [1.54, 1.807) is 14.2 Å². The number of nitrogens with zero attached hydrogens (tertiary/aromatic N) is 1. The van der Waals surface area contributed by atoms with E-state index >= 15 is 0 Å². The van der Waals surface area contributed by atoms with E-state index in [0.29, 0.717) is 0 Å². The first kappa shape index (κ1) is 18.4. The van der Waals surface area contributed by atoms with Crippen molar-refractivity contribution in [1.82, 2.24) is 4.90 Å². The second kappa shape index (κ2) is 7.02. The molecular formula is C23H27NO5. The molecule has 2 aromatic rings. The summed E-state index contributed by atoms with van der Waals surface area (Å²) in [6.07, 6.45) is 3.26. The van der Waals surface area contributed by atoms with Gasteiger partial charge in [0.05, 0.1) is 14.2 Å². The second-order valence-corrected chi connectivity index (χ2v) is 8.08. The van der Waals surface area contributed by atoms with Gasteiger partial charge in [0.15, 0.2) is 17.2 Å². The molecule has 1 fully saturated rings. The Hall–Kier alpha value is -2.60. The van der Waals surface area contributed by atoms with Gasteiger partial charge >= 0.3 is 0 Å². The third-order valence-corrected chi connectivity index (χ3v) is 6.38. The molecule has 1 saturated heterocycles. The monoisotopic (exact) mass is 397 g/mol. The Morgan fingerprint density at radius 2 is 1.69 bits per heavy atom. The first-order chi connectivity index (χ1) is 14.1. The van der Waals surface area contributed by atoms with E-state index in [-0.39, 0.29) is 18.4 Å². The maximum absolute atomic E-state index is 6.62. The molecule has 0 N–H and O–H groups in total. The number of hydrogen-bond acceptors (Lipinski definition) is 6. The predicted octanol–water partition coefficient (Wildman–Crippen LogP) is 4.16. The van der Waals surface area contributed by atoms with E-state index < -0.39 is 0 Å². The molecule has 0 saturated carbocycles. The van der Waals surface area contributed by atoms with E-state index in [0.717, 1.165) is 59.4 Å². The fourth-order valence-corrected chi connectivity index (χ4v) is 4.83. The summed E-state index contributed by atoms with van der Waals surface area (Å²) in [5.74, 6) is 4.09. The second-order valence-electron chi connectivity index (χ2n) is 8.08. The standard InChI is InChI=1S/C23H27NO5/c1-23(24-8-4-5-9-24)13-18(16-7-6-15(25-2)10-19(16)26-3)17-11-21-22(28-14-27-21)12-20(17)29-23/h6-7,10-12,18H,4-5,8-9,13-14H2,1-3H3/t18-,23-/m1/s1. The predicted molar refractivity (Wildman–Crippen MR) is 108 cm³/mol. The van der Waals surface area contributed by atoms with Crippen LogP contribution in [0.1, 0.15) is 43.2 Å². The lowest BCUT2D eigenvalue weighted by molar-refractivity contribution is -0.0768. The van der Waals surface area contributed by atoms with Gasteiger partial charge in [-0.2, -0.15) is 0 Å². The summed E-state index contributed by atoms with van der Waals surface area (Å²) in [5.41, 5.74) is 1.85. The maximum atomic E-state index is 6.62. The molecule has 6 nitrogen and oxygen atoms in total. The van der Waals surface area contributed by atoms with Crippen LogP contribution in [0.4, 0.5) is 0 Å². The highest BCUT2D eigenvalue weighted by atomic mass is 16.7. The molecule has 29 heavy (non-hydrogen) atoms. The molecule has 3 aliphatic rings. The van der Waals surface area contributed by atoms with Crippen LogP contribution in [0.5, 0.6) is 28.7 Å². The van der Waals surface area contributed by atoms with Crippen LogP contribution in [0.3, 0.4) is 0 Å². The number of methoxy groups -OCH3 is 2. The van der Waals surface area contributed by atoms with Crippen molar-refractivity contribution in [3.8, 4) is 28.7 Å². The summed E-state index contributed by atoms with van der Waals surface area (Å²) in [7, 11) is 3.38. The highest BCUT2D eigenvalue weighted by Crippen LogP contribution is 2.52. The summed E-state index contributed by atoms with van der Waals surface area (Å²) >= 11 is 0. The molecule has 2 atom stereocenters. The lowest BCUT2D eigenvalue weighted by Gasteiger charge is -2.45. The zero-order valence-corrected chi connectivity index (χ0v) is 17.2. The average molecular weight is 397 g/mol. The van der Waals surface area contributed by atoms with Gasteiger partial charge in [-0.15, -0.1) is 0 Å². The Kier molecular flexibility index (Phi) is 4.46. The van der Waals surface area contributed by atoms with Gasteiger partial charge in [-0.05, 0) is 31.9 Å². The van der Waals surface area contributed by atoms with Crippen LogP contribution >= 0.6 is 0 Å². The average Bonchev–Trinajstić information content (AvgIpc) is 3.43. The molecule has 0 aliphatic carbocycles. The van der Waals surface area contributed by atoms with E-state index in [9.17, 15) is 0 Å². The summed E-state index contributed by atoms with van der Waals surface area (Å²) in [5, 5.41) is 0. The molecule has 0 unspecified atom stereocenters. The van der Waals surface area contributed by atoms with Crippen molar-refractivity contribution in [1.29, 1.82) is 0 Å². The van der Waals surface area contributed by atoms with Crippen molar-refractivity contribution in [3.05, 3.63) is 41.5 Å². The smallest absolute Gasteiger partial charge is 0.231 e. The van der Waals surface area contributed by atoms with Gasteiger partial charge in [0.2, 0.25) is 6.79 Å². The molecule has 154 valence electrons. The molecule has 0 aromatic heterocycles. The minimum atomic E-state index is -0.382. The third-order valence-electron chi connectivity index (χ3n) is 6.38. The number of hydrogen-bond donors (Lipinski definition) is 0. The van der Waals surface area contributed by atoms with E-state index in [2.05, 4.69) is 24.0 Å². The minimum Gasteiger partial charge on any atom is -0.497 e. The van der Waals surface area contributed by atoms with Gasteiger partial charge in [-0.1, -0.05) is 6.07 Å². The van der Waals surface area contributed by atoms with Crippen molar-refractivity contribution in [2.24, 2.45) is 0 Å². The lowest BCUT2D eigenvalue weighted by atomic mass is 9.81. The zero-order chi connectivity index (χ0) is 20.0. The van der Waals surface area contributed by atoms with Crippen LogP contribution in [0.15, 0.2) is 30.3 Å². The summed E-state index contributed by atoms with van der Waals surface area (Å²) in [6, 6.07) is 10.1. The fraction of sp³-hybridized carbons (Fsp3) is 0.478. The molecule has 0 spiro atoms. The Morgan fingerprint density at radius 1 is 0.931 bits per heavy atom. The minimum absolute atomic E-state index is 0.111. The molecule has 6 heteroatoms. The quantitative estimate of drug-likeness (QED) is 0.772. The van der Waals surface area contributed by atoms with Crippen LogP contribution in [0.2, 0.25) is 0 Å². The van der Waals surface area contributed by atoms with Crippen molar-refractivity contribution in [2.45, 2.75) is 37.8 Å². The molecule has 0 bridgehead atoms. The number of likely N-dealkylation sites (tertiary alicyclic amines) is 1. The number of fused-ring (bicyclic) bond motifs is 2. The normalized spacial score (nSPS) is 25.4. The molecular weight excluding hydrogens is 370 g/mol. The number of ether oxygens (including phenoxy) is 5. The Labute approximate surface area is 171 Å². The highest BCUT2D eigenvalue weighted by molar-refractivity contribution is 5.58. The van der Waals surface area contributed by atoms with E-state index in [1.165, 1.54) is 12.8 Å². The fourth-order valence-electron chi connectivity index (χ4n) is 4.83. The Balaban J connectivity index is 1.64.